The first-order chi connectivity index (χ1) is 22.8. The summed E-state index contributed by atoms with van der Waals surface area (Å²) in [5.74, 6) is -1.33. The normalized spacial score (nSPS) is 10.9. The third kappa shape index (κ3) is 7.22. The number of aromatic amines is 1. The first-order valence-corrected chi connectivity index (χ1v) is 15.5. The van der Waals surface area contributed by atoms with Gasteiger partial charge in [-0.3, -0.25) is 4.98 Å². The fourth-order valence-electron chi connectivity index (χ4n) is 5.59. The second-order valence-corrected chi connectivity index (χ2v) is 11.8. The molecule has 0 radical (unpaired) electrons. The van der Waals surface area contributed by atoms with Gasteiger partial charge in [0.1, 0.15) is 0 Å². The molecule has 0 bridgehead atoms. The fourth-order valence-corrected chi connectivity index (χ4v) is 5.93. The number of benzene rings is 4. The predicted octanol–water partition coefficient (Wildman–Crippen LogP) is 9.17. The van der Waals surface area contributed by atoms with Gasteiger partial charge in [0.2, 0.25) is 0 Å². The smallest absolute Gasteiger partial charge is 0.338 e. The molecule has 7 nitrogen and oxygen atoms in total. The molecule has 3 heterocycles. The van der Waals surface area contributed by atoms with E-state index in [-0.39, 0.29) is 11.5 Å². The van der Waals surface area contributed by atoms with Gasteiger partial charge in [0.05, 0.1) is 23.8 Å². The van der Waals surface area contributed by atoms with Crippen molar-refractivity contribution in [3.8, 4) is 5.69 Å². The van der Waals surface area contributed by atoms with E-state index in [4.69, 9.17) is 27.9 Å². The lowest BCUT2D eigenvalue weighted by molar-refractivity contribution is 0.0598. The van der Waals surface area contributed by atoms with E-state index in [2.05, 4.69) is 44.9 Å². The second kappa shape index (κ2) is 14.0. The van der Waals surface area contributed by atoms with Crippen LogP contribution in [0.5, 0.6) is 0 Å². The highest BCUT2D eigenvalue weighted by atomic mass is 35.5. The number of carbonyl (C=O) groups is 2. The number of ether oxygens (including phenoxy) is 1. The molecule has 0 saturated heterocycles. The minimum absolute atomic E-state index is 0.243. The third-order valence-electron chi connectivity index (χ3n) is 7.88. The fraction of sp³-hybridized carbons (Fsp3) is 0.0789. The summed E-state index contributed by atoms with van der Waals surface area (Å²) >= 11 is 11.9. The van der Waals surface area contributed by atoms with Gasteiger partial charge in [-0.05, 0) is 113 Å². The van der Waals surface area contributed by atoms with Gasteiger partial charge in [-0.1, -0.05) is 47.5 Å². The zero-order valence-corrected chi connectivity index (χ0v) is 26.8. The second-order valence-electron chi connectivity index (χ2n) is 10.9. The van der Waals surface area contributed by atoms with Crippen LogP contribution in [-0.4, -0.2) is 38.7 Å². The van der Waals surface area contributed by atoms with E-state index in [0.29, 0.717) is 28.5 Å². The molecule has 0 aliphatic heterocycles. The standard InChI is InChI=1S/C21H15ClN2O2.C17H14ClNO2/c22-17-3-2-15(19(13-17)21(25)26)11-14-1-4-20-16(12-14)7-10-24(20)18-5-8-23-9-6-18;1-21-17(20)15-10-14(18)4-3-12(15)8-11-2-5-16-13(9-11)6-7-19-16/h1-10,12-13H,11H2,(H,25,26);2-7,9-10,19H,8H2,1H3. The Labute approximate surface area is 281 Å². The molecular weight excluding hydrogens is 633 g/mol. The Morgan fingerprint density at radius 2 is 1.40 bits per heavy atom. The lowest BCUT2D eigenvalue weighted by Crippen LogP contribution is -2.06. The van der Waals surface area contributed by atoms with Crippen molar-refractivity contribution < 1.29 is 19.4 Å². The molecule has 47 heavy (non-hydrogen) atoms. The first kappa shape index (κ1) is 31.6. The van der Waals surface area contributed by atoms with Crippen molar-refractivity contribution in [2.45, 2.75) is 12.8 Å². The Balaban J connectivity index is 0.000000168. The van der Waals surface area contributed by atoms with Gasteiger partial charge in [-0.15, -0.1) is 0 Å². The maximum atomic E-state index is 11.9. The number of methoxy groups -OCH3 is 1. The van der Waals surface area contributed by atoms with Crippen molar-refractivity contribution in [1.82, 2.24) is 14.5 Å². The number of nitrogens with zero attached hydrogens (tertiary/aromatic N) is 2. The molecule has 9 heteroatoms. The molecule has 4 aromatic carbocycles. The Kier molecular flexibility index (Phi) is 9.38. The van der Waals surface area contributed by atoms with Crippen molar-refractivity contribution in [3.63, 3.8) is 0 Å². The van der Waals surface area contributed by atoms with E-state index in [1.807, 2.05) is 48.8 Å². The van der Waals surface area contributed by atoms with E-state index in [1.165, 1.54) is 13.2 Å². The van der Waals surface area contributed by atoms with Gasteiger partial charge in [0, 0.05) is 51.4 Å². The molecule has 0 atom stereocenters. The number of halogens is 2. The number of carboxylic acid groups (broad SMARTS) is 1. The van der Waals surface area contributed by atoms with Crippen molar-refractivity contribution >= 4 is 56.9 Å². The molecule has 0 spiro atoms. The van der Waals surface area contributed by atoms with Crippen molar-refractivity contribution in [2.24, 2.45) is 0 Å². The van der Waals surface area contributed by atoms with Crippen molar-refractivity contribution in [1.29, 1.82) is 0 Å². The van der Waals surface area contributed by atoms with E-state index in [9.17, 15) is 14.7 Å². The lowest BCUT2D eigenvalue weighted by atomic mass is 9.99. The van der Waals surface area contributed by atoms with Crippen molar-refractivity contribution in [2.75, 3.05) is 7.11 Å². The Morgan fingerprint density at radius 3 is 2.09 bits per heavy atom. The van der Waals surface area contributed by atoms with Gasteiger partial charge in [0.25, 0.3) is 0 Å². The highest BCUT2D eigenvalue weighted by Crippen LogP contribution is 2.25. The Bertz CT molecular complexity index is 2220. The molecular formula is C38H29Cl2N3O4. The van der Waals surface area contributed by atoms with E-state index in [1.54, 1.807) is 36.7 Å². The van der Waals surface area contributed by atoms with E-state index < -0.39 is 5.97 Å². The van der Waals surface area contributed by atoms with Crippen LogP contribution in [0, 0.1) is 0 Å². The number of fused-ring (bicyclic) bond motifs is 2. The number of pyridine rings is 1. The third-order valence-corrected chi connectivity index (χ3v) is 8.35. The van der Waals surface area contributed by atoms with Crippen LogP contribution in [0.4, 0.5) is 0 Å². The largest absolute Gasteiger partial charge is 0.478 e. The molecule has 0 unspecified atom stereocenters. The van der Waals surface area contributed by atoms with Gasteiger partial charge < -0.3 is 19.4 Å². The number of hydrogen-bond donors (Lipinski definition) is 2. The SMILES string of the molecule is COC(=O)c1cc(Cl)ccc1Cc1ccc2[nH]ccc2c1.O=C(O)c1cc(Cl)ccc1Cc1ccc2c(ccn2-c2ccncc2)c1. The summed E-state index contributed by atoms with van der Waals surface area (Å²) in [6.45, 7) is 0. The maximum Gasteiger partial charge on any atom is 0.338 e. The average Bonchev–Trinajstić information content (AvgIpc) is 3.73. The zero-order valence-electron chi connectivity index (χ0n) is 25.3. The van der Waals surface area contributed by atoms with E-state index >= 15 is 0 Å². The number of carbonyl (C=O) groups excluding carboxylic acids is 1. The summed E-state index contributed by atoms with van der Waals surface area (Å²) in [6.07, 6.45) is 8.66. The number of nitrogens with one attached hydrogen (secondary N) is 1. The molecule has 0 aliphatic carbocycles. The molecule has 7 rings (SSSR count). The maximum absolute atomic E-state index is 11.9. The molecule has 0 saturated carbocycles. The monoisotopic (exact) mass is 661 g/mol. The minimum atomic E-state index is -0.965. The summed E-state index contributed by atoms with van der Waals surface area (Å²) in [7, 11) is 1.37. The summed E-state index contributed by atoms with van der Waals surface area (Å²) in [5, 5.41) is 12.6. The quantitative estimate of drug-likeness (QED) is 0.166. The van der Waals surface area contributed by atoms with Crippen LogP contribution < -0.4 is 0 Å². The van der Waals surface area contributed by atoms with Crippen LogP contribution in [0.2, 0.25) is 10.0 Å². The molecule has 2 N–H and O–H groups in total. The Hall–Kier alpha value is -5.37. The topological polar surface area (TPSA) is 97.2 Å². The van der Waals surface area contributed by atoms with Crippen LogP contribution in [0.25, 0.3) is 27.5 Å². The summed E-state index contributed by atoms with van der Waals surface area (Å²) < 4.78 is 6.93. The number of esters is 1. The highest BCUT2D eigenvalue weighted by Gasteiger charge is 2.14. The first-order valence-electron chi connectivity index (χ1n) is 14.7. The van der Waals surface area contributed by atoms with Crippen LogP contribution in [0.15, 0.2) is 122 Å². The number of aromatic nitrogens is 3. The number of rotatable bonds is 7. The molecule has 0 aliphatic rings. The molecule has 0 fully saturated rings. The van der Waals surface area contributed by atoms with Gasteiger partial charge in [-0.2, -0.15) is 0 Å². The summed E-state index contributed by atoms with van der Waals surface area (Å²) in [4.78, 5) is 30.6. The molecule has 234 valence electrons. The van der Waals surface area contributed by atoms with E-state index in [0.717, 1.165) is 49.7 Å². The summed E-state index contributed by atoms with van der Waals surface area (Å²) in [6, 6.07) is 30.7. The molecule has 3 aromatic heterocycles. The summed E-state index contributed by atoms with van der Waals surface area (Å²) in [5.41, 5.74) is 7.83. The van der Waals surface area contributed by atoms with Crippen LogP contribution in [0.1, 0.15) is 43.0 Å². The number of hydrogen-bond acceptors (Lipinski definition) is 4. The number of H-pyrrole nitrogens is 1. The predicted molar refractivity (Wildman–Crippen MR) is 186 cm³/mol. The molecule has 0 amide bonds. The molecule has 7 aromatic rings. The Morgan fingerprint density at radius 1 is 0.766 bits per heavy atom. The zero-order chi connectivity index (χ0) is 32.9. The van der Waals surface area contributed by atoms with Crippen LogP contribution >= 0.6 is 23.2 Å². The van der Waals surface area contributed by atoms with Crippen LogP contribution in [-0.2, 0) is 17.6 Å². The van der Waals surface area contributed by atoms with Gasteiger partial charge >= 0.3 is 11.9 Å². The number of carboxylic acids is 1. The van der Waals surface area contributed by atoms with Gasteiger partial charge in [-0.25, -0.2) is 9.59 Å². The van der Waals surface area contributed by atoms with Gasteiger partial charge in [0.15, 0.2) is 0 Å². The van der Waals surface area contributed by atoms with Crippen molar-refractivity contribution in [3.05, 3.63) is 165 Å². The lowest BCUT2D eigenvalue weighted by Gasteiger charge is -2.09. The highest BCUT2D eigenvalue weighted by molar-refractivity contribution is 6.31. The minimum Gasteiger partial charge on any atom is -0.478 e. The van der Waals surface area contributed by atoms with Crippen LogP contribution in [0.3, 0.4) is 0 Å². The average molecular weight is 663 g/mol. The number of aromatic carboxylic acids is 1.